The molecule has 0 aliphatic heterocycles. The van der Waals surface area contributed by atoms with E-state index in [2.05, 4.69) is 128 Å². The van der Waals surface area contributed by atoms with E-state index >= 15 is 0 Å². The molecule has 0 fully saturated rings. The first kappa shape index (κ1) is 32.3. The molecule has 1 aliphatic rings. The van der Waals surface area contributed by atoms with Gasteiger partial charge in [0.25, 0.3) is 5.01 Å². The lowest BCUT2D eigenvalue weighted by atomic mass is 9.75. The van der Waals surface area contributed by atoms with Crippen molar-refractivity contribution < 1.29 is 14.1 Å². The monoisotopic (exact) mass is 661 g/mol. The summed E-state index contributed by atoms with van der Waals surface area (Å²) in [5, 5.41) is 3.51. The van der Waals surface area contributed by atoms with Crippen LogP contribution in [0, 0.1) is 5.41 Å². The predicted octanol–water partition coefficient (Wildman–Crippen LogP) is 10.8. The number of allylic oxidation sites excluding steroid dienone is 4. The number of thiazole rings is 1. The van der Waals surface area contributed by atoms with Crippen LogP contribution in [0.25, 0.3) is 38.2 Å². The predicted molar refractivity (Wildman–Crippen MR) is 205 cm³/mol. The van der Waals surface area contributed by atoms with E-state index in [0.717, 1.165) is 29.7 Å². The Hall–Kier alpha value is -5.26. The van der Waals surface area contributed by atoms with Crippen LogP contribution in [0.5, 0.6) is 5.75 Å². The summed E-state index contributed by atoms with van der Waals surface area (Å²) >= 11 is 1.82. The van der Waals surface area contributed by atoms with Crippen LogP contribution in [-0.4, -0.2) is 12.5 Å². The van der Waals surface area contributed by atoms with Gasteiger partial charge in [0.15, 0.2) is 6.54 Å². The van der Waals surface area contributed by atoms with Crippen molar-refractivity contribution in [2.75, 3.05) is 11.5 Å². The molecule has 0 bridgehead atoms. The maximum absolute atomic E-state index is 12.6. The number of fused-ring (bicyclic) bond motifs is 2. The van der Waals surface area contributed by atoms with Crippen LogP contribution in [0.4, 0.5) is 5.69 Å². The third kappa shape index (κ3) is 7.43. The van der Waals surface area contributed by atoms with E-state index in [4.69, 9.17) is 4.74 Å². The highest BCUT2D eigenvalue weighted by Crippen LogP contribution is 2.40. The van der Waals surface area contributed by atoms with E-state index in [9.17, 15) is 4.79 Å². The van der Waals surface area contributed by atoms with E-state index in [-0.39, 0.29) is 11.3 Å². The molecule has 1 heterocycles. The number of nitrogens with zero attached hydrogens (tertiary/aromatic N) is 2. The van der Waals surface area contributed by atoms with Crippen LogP contribution in [0.3, 0.4) is 0 Å². The fraction of sp³-hybridized carbons (Fsp3) is 0.182. The molecule has 0 N–H and O–H groups in total. The topological polar surface area (TPSA) is 33.4 Å². The summed E-state index contributed by atoms with van der Waals surface area (Å²) in [4.78, 5) is 14.3. The van der Waals surface area contributed by atoms with E-state index in [1.54, 1.807) is 11.8 Å². The third-order valence-corrected chi connectivity index (χ3v) is 10.1. The van der Waals surface area contributed by atoms with Gasteiger partial charge in [-0.15, -0.1) is 0 Å². The zero-order chi connectivity index (χ0) is 33.8. The standard InChI is InChI=1S/C44H41N2O2S/c1-32(47)45(38-17-8-5-9-18-38)24-23-33-27-34(31-44(2,3)30-33)28-43-46(25-26-48-41-20-12-16-36-15-10-11-19-39(36)41)40-29-37(21-22-42(40)49-43)35-13-6-4-7-14-35/h4-24,27-29H,25-26,30-31H2,1-3H3/q+1. The minimum atomic E-state index is -0.0132. The van der Waals surface area contributed by atoms with Crippen molar-refractivity contribution in [3.8, 4) is 16.9 Å². The van der Waals surface area contributed by atoms with Crippen molar-refractivity contribution in [1.29, 1.82) is 0 Å². The number of carbonyl (C=O) groups is 1. The second-order valence-electron chi connectivity index (χ2n) is 13.5. The zero-order valence-electron chi connectivity index (χ0n) is 28.3. The first-order valence-electron chi connectivity index (χ1n) is 16.9. The third-order valence-electron chi connectivity index (χ3n) is 9.02. The summed E-state index contributed by atoms with van der Waals surface area (Å²) < 4.78 is 10.1. The smallest absolute Gasteiger partial charge is 0.263 e. The number of para-hydroxylation sites is 1. The maximum Gasteiger partial charge on any atom is 0.263 e. The first-order valence-corrected chi connectivity index (χ1v) is 17.7. The Bertz CT molecular complexity index is 2210. The molecule has 49 heavy (non-hydrogen) atoms. The number of carbonyl (C=O) groups excluding carboxylic acids is 1. The highest BCUT2D eigenvalue weighted by molar-refractivity contribution is 7.18. The molecule has 0 unspecified atom stereocenters. The summed E-state index contributed by atoms with van der Waals surface area (Å²) in [6.07, 6.45) is 10.6. The van der Waals surface area contributed by atoms with Crippen molar-refractivity contribution in [3.05, 3.63) is 156 Å². The Balaban J connectivity index is 1.24. The maximum atomic E-state index is 12.6. The Kier molecular flexibility index (Phi) is 9.28. The number of benzene rings is 5. The van der Waals surface area contributed by atoms with Crippen LogP contribution in [0.1, 0.15) is 38.6 Å². The average molecular weight is 662 g/mol. The molecule has 244 valence electrons. The fourth-order valence-corrected chi connectivity index (χ4v) is 7.96. The van der Waals surface area contributed by atoms with Crippen LogP contribution in [0.15, 0.2) is 151 Å². The Labute approximate surface area is 292 Å². The molecule has 1 amide bonds. The molecule has 1 aromatic heterocycles. The molecular formula is C44H41N2O2S+. The minimum absolute atomic E-state index is 0.0132. The highest BCUT2D eigenvalue weighted by Gasteiger charge is 2.27. The summed E-state index contributed by atoms with van der Waals surface area (Å²) in [5.41, 5.74) is 7.05. The van der Waals surface area contributed by atoms with Gasteiger partial charge in [-0.1, -0.05) is 122 Å². The molecule has 1 aliphatic carbocycles. The van der Waals surface area contributed by atoms with E-state index in [1.807, 2.05) is 47.9 Å². The molecule has 0 spiro atoms. The number of aromatic nitrogens is 1. The van der Waals surface area contributed by atoms with Crippen LogP contribution < -0.4 is 14.2 Å². The zero-order valence-corrected chi connectivity index (χ0v) is 29.1. The number of hydrogen-bond donors (Lipinski definition) is 0. The lowest BCUT2D eigenvalue weighted by Crippen LogP contribution is -2.38. The van der Waals surface area contributed by atoms with Crippen molar-refractivity contribution >= 4 is 50.0 Å². The number of amides is 1. The van der Waals surface area contributed by atoms with Crippen LogP contribution in [-0.2, 0) is 11.3 Å². The Morgan fingerprint density at radius 3 is 2.39 bits per heavy atom. The molecule has 5 aromatic carbocycles. The SMILES string of the molecule is CC(=O)N(C=CC1=CC(=Cc2sc3ccc(-c4ccccc4)cc3[n+]2CCOc2cccc3ccccc23)CC(C)(C)C1)c1ccccc1. The molecule has 4 nitrogen and oxygen atoms in total. The van der Waals surface area contributed by atoms with E-state index in [0.29, 0.717) is 13.2 Å². The first-order chi connectivity index (χ1) is 23.8. The van der Waals surface area contributed by atoms with Gasteiger partial charge in [0, 0.05) is 36.3 Å². The number of anilines is 1. The largest absolute Gasteiger partial charge is 0.486 e. The van der Waals surface area contributed by atoms with Crippen LogP contribution in [0.2, 0.25) is 0 Å². The molecule has 7 rings (SSSR count). The normalized spacial score (nSPS) is 15.2. The van der Waals surface area contributed by atoms with Gasteiger partial charge in [0.1, 0.15) is 17.1 Å². The van der Waals surface area contributed by atoms with E-state index < -0.39 is 0 Å². The lowest BCUT2D eigenvalue weighted by molar-refractivity contribution is -0.669. The average Bonchev–Trinajstić information content (AvgIpc) is 3.44. The van der Waals surface area contributed by atoms with Gasteiger partial charge in [-0.05, 0) is 76.3 Å². The van der Waals surface area contributed by atoms with Crippen LogP contribution >= 0.6 is 11.3 Å². The van der Waals surface area contributed by atoms with Gasteiger partial charge in [0.2, 0.25) is 11.4 Å². The summed E-state index contributed by atoms with van der Waals surface area (Å²) in [6, 6.07) is 41.8. The molecule has 0 saturated carbocycles. The quantitative estimate of drug-likeness (QED) is 0.145. The molecular weight excluding hydrogens is 621 g/mol. The summed E-state index contributed by atoms with van der Waals surface area (Å²) in [7, 11) is 0. The van der Waals surface area contributed by atoms with Crippen molar-refractivity contribution in [2.24, 2.45) is 5.41 Å². The van der Waals surface area contributed by atoms with Gasteiger partial charge in [-0.3, -0.25) is 9.69 Å². The second-order valence-corrected chi connectivity index (χ2v) is 14.5. The number of ether oxygens (including phenoxy) is 1. The molecule has 0 atom stereocenters. The van der Waals surface area contributed by atoms with Gasteiger partial charge in [0.05, 0.1) is 0 Å². The van der Waals surface area contributed by atoms with E-state index in [1.165, 1.54) is 42.9 Å². The van der Waals surface area contributed by atoms with Gasteiger partial charge < -0.3 is 4.74 Å². The minimum Gasteiger partial charge on any atom is -0.486 e. The molecule has 5 heteroatoms. The van der Waals surface area contributed by atoms with Gasteiger partial charge in [-0.2, -0.15) is 4.57 Å². The van der Waals surface area contributed by atoms with Gasteiger partial charge in [-0.25, -0.2) is 0 Å². The molecule has 6 aromatic rings. The Morgan fingerprint density at radius 2 is 1.59 bits per heavy atom. The van der Waals surface area contributed by atoms with Crippen molar-refractivity contribution in [2.45, 2.75) is 40.2 Å². The van der Waals surface area contributed by atoms with Crippen molar-refractivity contribution in [1.82, 2.24) is 0 Å². The second kappa shape index (κ2) is 14.1. The number of rotatable bonds is 9. The summed E-state index contributed by atoms with van der Waals surface area (Å²) in [5.74, 6) is 0.896. The van der Waals surface area contributed by atoms with Gasteiger partial charge >= 0.3 is 0 Å². The Morgan fingerprint density at radius 1 is 0.857 bits per heavy atom. The molecule has 0 radical (unpaired) electrons. The highest BCUT2D eigenvalue weighted by atomic mass is 32.1. The lowest BCUT2D eigenvalue weighted by Gasteiger charge is -2.30. The summed E-state index contributed by atoms with van der Waals surface area (Å²) in [6.45, 7) is 7.52. The molecule has 0 saturated heterocycles. The number of hydrogen-bond acceptors (Lipinski definition) is 3. The van der Waals surface area contributed by atoms with Crippen molar-refractivity contribution in [3.63, 3.8) is 0 Å². The fourth-order valence-electron chi connectivity index (χ4n) is 6.82.